The van der Waals surface area contributed by atoms with Crippen LogP contribution in [0.25, 0.3) is 22.3 Å². The van der Waals surface area contributed by atoms with E-state index in [9.17, 15) is 15.0 Å². The van der Waals surface area contributed by atoms with Crippen LogP contribution in [0.3, 0.4) is 0 Å². The van der Waals surface area contributed by atoms with Crippen molar-refractivity contribution in [3.05, 3.63) is 114 Å². The smallest absolute Gasteiger partial charge is 0.336 e. The van der Waals surface area contributed by atoms with Gasteiger partial charge in [-0.3, -0.25) is 4.98 Å². The fraction of sp³-hybridized carbons (Fsp3) is 0.172. The summed E-state index contributed by atoms with van der Waals surface area (Å²) in [6.07, 6.45) is 3.61. The summed E-state index contributed by atoms with van der Waals surface area (Å²) in [5, 5.41) is 23.3. The molecule has 0 saturated heterocycles. The van der Waals surface area contributed by atoms with Crippen molar-refractivity contribution in [2.24, 2.45) is 0 Å². The fourth-order valence-corrected chi connectivity index (χ4v) is 4.03. The largest absolute Gasteiger partial charge is 0.478 e. The summed E-state index contributed by atoms with van der Waals surface area (Å²) in [7, 11) is 0. The molecular weight excluding hydrogens is 424 g/mol. The summed E-state index contributed by atoms with van der Waals surface area (Å²) in [5.74, 6) is -0.934. The molecule has 0 spiro atoms. The number of nitrogens with one attached hydrogen (secondary N) is 1. The van der Waals surface area contributed by atoms with Crippen LogP contribution in [-0.4, -0.2) is 33.8 Å². The van der Waals surface area contributed by atoms with E-state index in [0.29, 0.717) is 17.7 Å². The Labute approximate surface area is 199 Å². The molecule has 1 aromatic heterocycles. The highest BCUT2D eigenvalue weighted by Gasteiger charge is 2.14. The van der Waals surface area contributed by atoms with Crippen molar-refractivity contribution in [3.8, 4) is 22.3 Å². The Morgan fingerprint density at radius 3 is 2.32 bits per heavy atom. The number of hydrogen-bond acceptors (Lipinski definition) is 4. The van der Waals surface area contributed by atoms with Crippen LogP contribution in [0.1, 0.15) is 34.5 Å². The summed E-state index contributed by atoms with van der Waals surface area (Å²) >= 11 is 0. The number of hydrogen-bond donors (Lipinski definition) is 3. The lowest BCUT2D eigenvalue weighted by Crippen LogP contribution is -2.32. The molecule has 0 radical (unpaired) electrons. The SMILES string of the molecule is C[C@H](Cc1ccc(-c2ccc(C(=O)O)c(-c3ccccc3)c2)cc1)NC[C@@H](O)c1cccnc1. The summed E-state index contributed by atoms with van der Waals surface area (Å²) in [6.45, 7) is 2.56. The Hall–Kier alpha value is -3.80. The maximum atomic E-state index is 11.7. The van der Waals surface area contributed by atoms with Gasteiger partial charge in [0.25, 0.3) is 0 Å². The first kappa shape index (κ1) is 23.4. The molecule has 0 aliphatic rings. The van der Waals surface area contributed by atoms with E-state index in [1.807, 2.05) is 54.6 Å². The van der Waals surface area contributed by atoms with E-state index in [-0.39, 0.29) is 6.04 Å². The van der Waals surface area contributed by atoms with E-state index >= 15 is 0 Å². The van der Waals surface area contributed by atoms with Gasteiger partial charge in [-0.25, -0.2) is 4.79 Å². The van der Waals surface area contributed by atoms with Gasteiger partial charge >= 0.3 is 5.97 Å². The van der Waals surface area contributed by atoms with Crippen molar-refractivity contribution in [2.75, 3.05) is 6.54 Å². The van der Waals surface area contributed by atoms with E-state index < -0.39 is 12.1 Å². The Kier molecular flexibility index (Phi) is 7.48. The molecule has 3 aromatic carbocycles. The van der Waals surface area contributed by atoms with Gasteiger partial charge in [-0.1, -0.05) is 66.7 Å². The van der Waals surface area contributed by atoms with Gasteiger partial charge in [0.2, 0.25) is 0 Å². The third-order valence-corrected chi connectivity index (χ3v) is 5.89. The molecule has 0 bridgehead atoms. The highest BCUT2D eigenvalue weighted by Crippen LogP contribution is 2.30. The van der Waals surface area contributed by atoms with E-state index in [0.717, 1.165) is 28.7 Å². The van der Waals surface area contributed by atoms with Gasteiger partial charge in [0, 0.05) is 30.5 Å². The third-order valence-electron chi connectivity index (χ3n) is 5.89. The zero-order valence-corrected chi connectivity index (χ0v) is 19.1. The number of nitrogens with zero attached hydrogens (tertiary/aromatic N) is 1. The highest BCUT2D eigenvalue weighted by molar-refractivity contribution is 5.97. The van der Waals surface area contributed by atoms with Crippen molar-refractivity contribution < 1.29 is 15.0 Å². The van der Waals surface area contributed by atoms with E-state index in [1.54, 1.807) is 18.5 Å². The molecule has 3 N–H and O–H groups in total. The van der Waals surface area contributed by atoms with Gasteiger partial charge in [0.1, 0.15) is 0 Å². The lowest BCUT2D eigenvalue weighted by Gasteiger charge is -2.17. The maximum Gasteiger partial charge on any atom is 0.336 e. The van der Waals surface area contributed by atoms with Crippen LogP contribution in [0.5, 0.6) is 0 Å². The van der Waals surface area contributed by atoms with Gasteiger partial charge in [-0.2, -0.15) is 0 Å². The first-order valence-corrected chi connectivity index (χ1v) is 11.3. The Morgan fingerprint density at radius 2 is 1.65 bits per heavy atom. The van der Waals surface area contributed by atoms with Crippen LogP contribution in [0.2, 0.25) is 0 Å². The molecular formula is C29H28N2O3. The average molecular weight is 453 g/mol. The van der Waals surface area contributed by atoms with Crippen LogP contribution in [-0.2, 0) is 6.42 Å². The normalized spacial score (nSPS) is 12.8. The lowest BCUT2D eigenvalue weighted by atomic mass is 9.94. The van der Waals surface area contributed by atoms with Gasteiger partial charge < -0.3 is 15.5 Å². The van der Waals surface area contributed by atoms with E-state index in [1.165, 1.54) is 5.56 Å². The molecule has 0 aliphatic carbocycles. The number of carbonyl (C=O) groups is 1. The molecule has 0 saturated carbocycles. The number of aromatic carboxylic acids is 1. The maximum absolute atomic E-state index is 11.7. The standard InChI is InChI=1S/C29H28N2O3/c1-20(31-19-28(32)25-8-5-15-30-18-25)16-21-9-11-22(12-10-21)24-13-14-26(29(33)34)27(17-24)23-6-3-2-4-7-23/h2-15,17-18,20,28,31-32H,16,19H2,1H3,(H,33,34)/t20-,28-/m1/s1. The molecule has 5 nitrogen and oxygen atoms in total. The second kappa shape index (κ2) is 10.9. The average Bonchev–Trinajstić information content (AvgIpc) is 2.88. The zero-order valence-electron chi connectivity index (χ0n) is 19.1. The minimum absolute atomic E-state index is 0.191. The minimum atomic E-state index is -0.934. The lowest BCUT2D eigenvalue weighted by molar-refractivity contribution is 0.0697. The van der Waals surface area contributed by atoms with Crippen LogP contribution < -0.4 is 5.32 Å². The second-order valence-electron chi connectivity index (χ2n) is 8.44. The predicted octanol–water partition coefficient (Wildman–Crippen LogP) is 5.37. The summed E-state index contributed by atoms with van der Waals surface area (Å²) in [4.78, 5) is 15.8. The molecule has 0 fully saturated rings. The molecule has 4 aromatic rings. The van der Waals surface area contributed by atoms with Crippen molar-refractivity contribution in [1.29, 1.82) is 0 Å². The molecule has 2 atom stereocenters. The second-order valence-corrected chi connectivity index (χ2v) is 8.44. The van der Waals surface area contributed by atoms with Crippen LogP contribution in [0, 0.1) is 0 Å². The fourth-order valence-electron chi connectivity index (χ4n) is 4.03. The quantitative estimate of drug-likeness (QED) is 0.318. The topological polar surface area (TPSA) is 82.5 Å². The monoisotopic (exact) mass is 452 g/mol. The van der Waals surface area contributed by atoms with E-state index in [4.69, 9.17) is 0 Å². The van der Waals surface area contributed by atoms with Gasteiger partial charge in [0.15, 0.2) is 0 Å². The summed E-state index contributed by atoms with van der Waals surface area (Å²) in [5.41, 5.74) is 5.87. The van der Waals surface area contributed by atoms with Crippen LogP contribution in [0.4, 0.5) is 0 Å². The molecule has 0 unspecified atom stereocenters. The number of pyridine rings is 1. The number of aromatic nitrogens is 1. The van der Waals surface area contributed by atoms with E-state index in [2.05, 4.69) is 41.5 Å². The molecule has 0 amide bonds. The number of aliphatic hydroxyl groups excluding tert-OH is 1. The molecule has 172 valence electrons. The Bertz CT molecular complexity index is 1230. The van der Waals surface area contributed by atoms with Crippen molar-refractivity contribution in [2.45, 2.75) is 25.5 Å². The zero-order chi connectivity index (χ0) is 23.9. The third kappa shape index (κ3) is 5.76. The molecule has 34 heavy (non-hydrogen) atoms. The number of carboxylic acids is 1. The van der Waals surface area contributed by atoms with Gasteiger partial charge in [-0.15, -0.1) is 0 Å². The highest BCUT2D eigenvalue weighted by atomic mass is 16.4. The number of carboxylic acid groups (broad SMARTS) is 1. The molecule has 5 heteroatoms. The van der Waals surface area contributed by atoms with Gasteiger partial charge in [-0.05, 0) is 59.4 Å². The Morgan fingerprint density at radius 1 is 0.912 bits per heavy atom. The molecule has 0 aliphatic heterocycles. The summed E-state index contributed by atoms with van der Waals surface area (Å²) < 4.78 is 0. The first-order valence-electron chi connectivity index (χ1n) is 11.3. The van der Waals surface area contributed by atoms with Gasteiger partial charge in [0.05, 0.1) is 11.7 Å². The summed E-state index contributed by atoms with van der Waals surface area (Å²) in [6, 6.07) is 27.3. The van der Waals surface area contributed by atoms with Crippen molar-refractivity contribution >= 4 is 5.97 Å². The van der Waals surface area contributed by atoms with Crippen LogP contribution in [0.15, 0.2) is 97.3 Å². The number of benzene rings is 3. The van der Waals surface area contributed by atoms with Crippen molar-refractivity contribution in [1.82, 2.24) is 10.3 Å². The number of aliphatic hydroxyl groups is 1. The van der Waals surface area contributed by atoms with Crippen molar-refractivity contribution in [3.63, 3.8) is 0 Å². The Balaban J connectivity index is 1.44. The predicted molar refractivity (Wildman–Crippen MR) is 135 cm³/mol. The minimum Gasteiger partial charge on any atom is -0.478 e. The molecule has 4 rings (SSSR count). The number of rotatable bonds is 9. The van der Waals surface area contributed by atoms with Crippen LogP contribution >= 0.6 is 0 Å². The first-order chi connectivity index (χ1) is 16.5. The molecule has 1 heterocycles.